The Labute approximate surface area is 86.2 Å². The number of rotatable bonds is 1. The van der Waals surface area contributed by atoms with E-state index in [9.17, 15) is 0 Å². The summed E-state index contributed by atoms with van der Waals surface area (Å²) in [5, 5.41) is 13.1. The minimum atomic E-state index is 0.346. The number of halogens is 1. The molecule has 2 rings (SSSR count). The molecule has 0 N–H and O–H groups in total. The molecule has 68 valence electrons. The molecule has 14 heavy (non-hydrogen) atoms. The lowest BCUT2D eigenvalue weighted by atomic mass is 10.3. The van der Waals surface area contributed by atoms with Gasteiger partial charge in [-0.25, -0.2) is 4.68 Å². The van der Waals surface area contributed by atoms with Gasteiger partial charge in [0.15, 0.2) is 5.15 Å². The van der Waals surface area contributed by atoms with E-state index < -0.39 is 0 Å². The molecule has 1 aromatic carbocycles. The molecule has 0 amide bonds. The van der Waals surface area contributed by atoms with Crippen molar-refractivity contribution in [2.24, 2.45) is 0 Å². The van der Waals surface area contributed by atoms with Crippen molar-refractivity contribution in [1.29, 1.82) is 5.26 Å². The van der Waals surface area contributed by atoms with Crippen molar-refractivity contribution < 1.29 is 0 Å². The first kappa shape index (κ1) is 8.79. The molecule has 0 atom stereocenters. The van der Waals surface area contributed by atoms with Crippen LogP contribution in [0.25, 0.3) is 5.69 Å². The second kappa shape index (κ2) is 3.52. The fourth-order valence-electron chi connectivity index (χ4n) is 1.16. The van der Waals surface area contributed by atoms with Crippen LogP contribution >= 0.6 is 11.6 Å². The van der Waals surface area contributed by atoms with E-state index in [1.807, 2.05) is 36.4 Å². The third-order valence-electron chi connectivity index (χ3n) is 1.83. The van der Waals surface area contributed by atoms with E-state index in [4.69, 9.17) is 16.9 Å². The molecule has 0 aliphatic rings. The van der Waals surface area contributed by atoms with Crippen LogP contribution in [0.5, 0.6) is 0 Å². The summed E-state index contributed by atoms with van der Waals surface area (Å²) >= 11 is 5.94. The molecule has 0 bridgehead atoms. The van der Waals surface area contributed by atoms with Crippen molar-refractivity contribution >= 4 is 11.6 Å². The summed E-state index contributed by atoms with van der Waals surface area (Å²) in [7, 11) is 0. The lowest BCUT2D eigenvalue weighted by Gasteiger charge is -2.01. The Morgan fingerprint density at radius 3 is 2.57 bits per heavy atom. The average Bonchev–Trinajstić information content (AvgIpc) is 2.61. The van der Waals surface area contributed by atoms with Gasteiger partial charge in [0.25, 0.3) is 0 Å². The first-order chi connectivity index (χ1) is 6.83. The Hall–Kier alpha value is -1.79. The Morgan fingerprint density at radius 2 is 2.00 bits per heavy atom. The van der Waals surface area contributed by atoms with E-state index in [2.05, 4.69) is 5.10 Å². The molecule has 1 heterocycles. The van der Waals surface area contributed by atoms with Gasteiger partial charge in [-0.2, -0.15) is 10.4 Å². The van der Waals surface area contributed by atoms with Gasteiger partial charge >= 0.3 is 0 Å². The van der Waals surface area contributed by atoms with E-state index in [1.165, 1.54) is 10.9 Å². The predicted octanol–water partition coefficient (Wildman–Crippen LogP) is 2.40. The molecule has 0 fully saturated rings. The fourth-order valence-corrected chi connectivity index (χ4v) is 1.39. The van der Waals surface area contributed by atoms with Crippen molar-refractivity contribution in [2.45, 2.75) is 0 Å². The van der Waals surface area contributed by atoms with Gasteiger partial charge in [-0.15, -0.1) is 0 Å². The molecule has 0 radical (unpaired) electrons. The second-order valence-corrected chi connectivity index (χ2v) is 3.07. The molecule has 1 aromatic heterocycles. The summed E-state index contributed by atoms with van der Waals surface area (Å²) < 4.78 is 1.53. The Morgan fingerprint density at radius 1 is 1.29 bits per heavy atom. The van der Waals surface area contributed by atoms with Crippen LogP contribution in [0.2, 0.25) is 5.15 Å². The SMILES string of the molecule is N#Cc1cnn(-c2ccccc2)c1Cl. The van der Waals surface area contributed by atoms with Crippen molar-refractivity contribution in [2.75, 3.05) is 0 Å². The highest BCUT2D eigenvalue weighted by atomic mass is 35.5. The van der Waals surface area contributed by atoms with Crippen LogP contribution in [-0.2, 0) is 0 Å². The van der Waals surface area contributed by atoms with E-state index in [1.54, 1.807) is 0 Å². The maximum atomic E-state index is 8.69. The molecule has 4 heteroatoms. The van der Waals surface area contributed by atoms with Crippen LogP contribution in [0.1, 0.15) is 5.56 Å². The molecule has 0 aliphatic heterocycles. The summed E-state index contributed by atoms with van der Waals surface area (Å²) in [6.07, 6.45) is 1.45. The van der Waals surface area contributed by atoms with Gasteiger partial charge in [0.2, 0.25) is 0 Å². The van der Waals surface area contributed by atoms with Crippen molar-refractivity contribution in [3.05, 3.63) is 47.2 Å². The number of nitriles is 1. The highest BCUT2D eigenvalue weighted by Crippen LogP contribution is 2.18. The molecule has 0 spiro atoms. The molecular weight excluding hydrogens is 198 g/mol. The van der Waals surface area contributed by atoms with Gasteiger partial charge in [0.05, 0.1) is 11.9 Å². The zero-order valence-electron chi connectivity index (χ0n) is 7.18. The van der Waals surface area contributed by atoms with E-state index in [-0.39, 0.29) is 0 Å². The van der Waals surface area contributed by atoms with Gasteiger partial charge in [-0.05, 0) is 12.1 Å². The largest absolute Gasteiger partial charge is 0.221 e. The third kappa shape index (κ3) is 1.36. The number of para-hydroxylation sites is 1. The van der Waals surface area contributed by atoms with Crippen molar-refractivity contribution in [3.63, 3.8) is 0 Å². The molecule has 0 aliphatic carbocycles. The number of hydrogen-bond acceptors (Lipinski definition) is 2. The topological polar surface area (TPSA) is 41.6 Å². The first-order valence-electron chi connectivity index (χ1n) is 4.02. The number of nitrogens with zero attached hydrogens (tertiary/aromatic N) is 3. The fraction of sp³-hybridized carbons (Fsp3) is 0. The molecule has 0 saturated heterocycles. The van der Waals surface area contributed by atoms with Gasteiger partial charge in [-0.3, -0.25) is 0 Å². The summed E-state index contributed by atoms with van der Waals surface area (Å²) in [6, 6.07) is 11.4. The highest BCUT2D eigenvalue weighted by molar-refractivity contribution is 6.30. The molecule has 3 nitrogen and oxygen atoms in total. The van der Waals surface area contributed by atoms with Crippen molar-refractivity contribution in [3.8, 4) is 11.8 Å². The summed E-state index contributed by atoms with van der Waals surface area (Å²) in [6.45, 7) is 0. The van der Waals surface area contributed by atoms with Gasteiger partial charge in [0.1, 0.15) is 11.6 Å². The summed E-state index contributed by atoms with van der Waals surface area (Å²) in [5.74, 6) is 0. The molecule has 0 unspecified atom stereocenters. The van der Waals surface area contributed by atoms with Crippen LogP contribution in [0.15, 0.2) is 36.5 Å². The monoisotopic (exact) mass is 203 g/mol. The van der Waals surface area contributed by atoms with E-state index >= 15 is 0 Å². The van der Waals surface area contributed by atoms with Gasteiger partial charge < -0.3 is 0 Å². The highest BCUT2D eigenvalue weighted by Gasteiger charge is 2.08. The smallest absolute Gasteiger partial charge is 0.150 e. The van der Waals surface area contributed by atoms with Crippen LogP contribution in [0, 0.1) is 11.3 Å². The van der Waals surface area contributed by atoms with Crippen LogP contribution in [-0.4, -0.2) is 9.78 Å². The first-order valence-corrected chi connectivity index (χ1v) is 4.40. The number of benzene rings is 1. The van der Waals surface area contributed by atoms with Gasteiger partial charge in [-0.1, -0.05) is 29.8 Å². The third-order valence-corrected chi connectivity index (χ3v) is 2.20. The zero-order valence-corrected chi connectivity index (χ0v) is 7.94. The Balaban J connectivity index is 2.54. The average molecular weight is 204 g/mol. The lowest BCUT2D eigenvalue weighted by Crippen LogP contribution is -1.95. The van der Waals surface area contributed by atoms with E-state index in [0.29, 0.717) is 10.7 Å². The minimum absolute atomic E-state index is 0.346. The summed E-state index contributed by atoms with van der Waals surface area (Å²) in [5.41, 5.74) is 1.23. The number of aromatic nitrogens is 2. The zero-order chi connectivity index (χ0) is 9.97. The lowest BCUT2D eigenvalue weighted by molar-refractivity contribution is 0.881. The molecular formula is C10H6ClN3. The minimum Gasteiger partial charge on any atom is -0.221 e. The second-order valence-electron chi connectivity index (χ2n) is 2.71. The molecule has 2 aromatic rings. The van der Waals surface area contributed by atoms with Crippen LogP contribution in [0.3, 0.4) is 0 Å². The summed E-state index contributed by atoms with van der Waals surface area (Å²) in [4.78, 5) is 0. The predicted molar refractivity (Wildman–Crippen MR) is 53.3 cm³/mol. The Bertz CT molecular complexity index is 482. The normalized spacial score (nSPS) is 9.71. The van der Waals surface area contributed by atoms with Crippen LogP contribution < -0.4 is 0 Å². The number of hydrogen-bond donors (Lipinski definition) is 0. The van der Waals surface area contributed by atoms with Crippen LogP contribution in [0.4, 0.5) is 0 Å². The van der Waals surface area contributed by atoms with Crippen molar-refractivity contribution in [1.82, 2.24) is 9.78 Å². The quantitative estimate of drug-likeness (QED) is 0.714. The molecule has 0 saturated carbocycles. The Kier molecular flexibility index (Phi) is 2.21. The maximum absolute atomic E-state index is 8.69. The van der Waals surface area contributed by atoms with E-state index in [0.717, 1.165) is 5.69 Å². The maximum Gasteiger partial charge on any atom is 0.150 e. The van der Waals surface area contributed by atoms with Gasteiger partial charge in [0, 0.05) is 0 Å². The standard InChI is InChI=1S/C10H6ClN3/c11-10-8(6-12)7-13-14(10)9-4-2-1-3-5-9/h1-5,7H.